The van der Waals surface area contributed by atoms with Gasteiger partial charge >= 0.3 is 0 Å². The van der Waals surface area contributed by atoms with E-state index in [1.807, 2.05) is 26.0 Å². The topological polar surface area (TPSA) is 58.2 Å². The van der Waals surface area contributed by atoms with Crippen LogP contribution in [0.15, 0.2) is 18.2 Å². The molecule has 4 heteroatoms. The molecule has 0 radical (unpaired) electrons. The Balaban J connectivity index is 2.43. The Bertz CT molecular complexity index is 492. The van der Waals surface area contributed by atoms with Crippen molar-refractivity contribution in [2.24, 2.45) is 0 Å². The number of amides is 2. The summed E-state index contributed by atoms with van der Waals surface area (Å²) in [6.07, 6.45) is 0.462. The lowest BCUT2D eigenvalue weighted by Crippen LogP contribution is -2.32. The molecular weight excluding hydrogens is 216 g/mol. The Morgan fingerprint density at radius 3 is 2.76 bits per heavy atom. The van der Waals surface area contributed by atoms with Crippen LogP contribution in [0.2, 0.25) is 0 Å². The highest BCUT2D eigenvalue weighted by Crippen LogP contribution is 2.38. The number of nitrogens with one attached hydrogen (secondary N) is 2. The van der Waals surface area contributed by atoms with Gasteiger partial charge in [-0.1, -0.05) is 13.8 Å². The predicted octanol–water partition coefficient (Wildman–Crippen LogP) is 2.26. The summed E-state index contributed by atoms with van der Waals surface area (Å²) in [5.74, 6) is -0.0580. The molecule has 1 aromatic rings. The first-order chi connectivity index (χ1) is 7.88. The van der Waals surface area contributed by atoms with Crippen LogP contribution < -0.4 is 10.6 Å². The highest BCUT2D eigenvalue weighted by Gasteiger charge is 2.31. The summed E-state index contributed by atoms with van der Waals surface area (Å²) in [5.41, 5.74) is 2.45. The monoisotopic (exact) mass is 232 g/mol. The van der Waals surface area contributed by atoms with E-state index >= 15 is 0 Å². The normalized spacial score (nSPS) is 17.0. The minimum Gasteiger partial charge on any atom is -0.326 e. The Morgan fingerprint density at radius 1 is 1.41 bits per heavy atom. The zero-order valence-electron chi connectivity index (χ0n) is 10.3. The minimum absolute atomic E-state index is 0.0368. The first-order valence-electron chi connectivity index (χ1n) is 5.60. The van der Waals surface area contributed by atoms with Gasteiger partial charge in [0.05, 0.1) is 0 Å². The van der Waals surface area contributed by atoms with Crippen LogP contribution in [0.3, 0.4) is 0 Å². The van der Waals surface area contributed by atoms with Crippen molar-refractivity contribution < 1.29 is 9.59 Å². The number of anilines is 2. The van der Waals surface area contributed by atoms with E-state index in [1.165, 1.54) is 6.92 Å². The van der Waals surface area contributed by atoms with Crippen molar-refractivity contribution in [2.75, 3.05) is 10.6 Å². The molecule has 1 aliphatic heterocycles. The van der Waals surface area contributed by atoms with Crippen LogP contribution in [0.4, 0.5) is 11.4 Å². The second-order valence-electron chi connectivity index (χ2n) is 5.05. The molecule has 0 saturated carbocycles. The van der Waals surface area contributed by atoms with Gasteiger partial charge in [-0.25, -0.2) is 0 Å². The standard InChI is InChI=1S/C13H16N2O2/c1-8(16)14-9-4-5-11-10(6-9)13(2,3)7-12(17)15-11/h4-6H,7H2,1-3H3,(H,14,16)(H,15,17). The van der Waals surface area contributed by atoms with Gasteiger partial charge < -0.3 is 10.6 Å². The third-order valence-electron chi connectivity index (χ3n) is 2.95. The van der Waals surface area contributed by atoms with Crippen LogP contribution in [0.5, 0.6) is 0 Å². The maximum absolute atomic E-state index is 11.5. The van der Waals surface area contributed by atoms with Crippen LogP contribution in [0, 0.1) is 0 Å². The first kappa shape index (κ1) is 11.6. The number of carbonyl (C=O) groups excluding carboxylic acids is 2. The van der Waals surface area contributed by atoms with E-state index in [0.717, 1.165) is 16.9 Å². The summed E-state index contributed by atoms with van der Waals surface area (Å²) in [4.78, 5) is 22.5. The lowest BCUT2D eigenvalue weighted by molar-refractivity contribution is -0.117. The molecule has 2 amide bonds. The average molecular weight is 232 g/mol. The van der Waals surface area contributed by atoms with Crippen LogP contribution in [0.1, 0.15) is 32.8 Å². The molecule has 0 fully saturated rings. The molecule has 1 aromatic carbocycles. The predicted molar refractivity (Wildman–Crippen MR) is 67.0 cm³/mol. The quantitative estimate of drug-likeness (QED) is 0.780. The Morgan fingerprint density at radius 2 is 2.12 bits per heavy atom. The summed E-state index contributed by atoms with van der Waals surface area (Å²) in [6.45, 7) is 5.54. The maximum atomic E-state index is 11.5. The smallest absolute Gasteiger partial charge is 0.225 e. The Labute approximate surface area is 100 Å². The van der Waals surface area contributed by atoms with Crippen molar-refractivity contribution in [3.63, 3.8) is 0 Å². The van der Waals surface area contributed by atoms with Crippen molar-refractivity contribution in [1.82, 2.24) is 0 Å². The lowest BCUT2D eigenvalue weighted by Gasteiger charge is -2.32. The van der Waals surface area contributed by atoms with E-state index in [9.17, 15) is 9.59 Å². The van der Waals surface area contributed by atoms with E-state index < -0.39 is 0 Å². The molecule has 0 saturated heterocycles. The van der Waals surface area contributed by atoms with Gasteiger partial charge in [-0.3, -0.25) is 9.59 Å². The molecule has 90 valence electrons. The number of hydrogen-bond acceptors (Lipinski definition) is 2. The molecule has 0 bridgehead atoms. The van der Waals surface area contributed by atoms with Gasteiger partial charge in [0.15, 0.2) is 0 Å². The molecule has 0 unspecified atom stereocenters. The van der Waals surface area contributed by atoms with E-state index in [0.29, 0.717) is 6.42 Å². The molecule has 1 aliphatic rings. The number of carbonyl (C=O) groups is 2. The van der Waals surface area contributed by atoms with Crippen molar-refractivity contribution in [1.29, 1.82) is 0 Å². The minimum atomic E-state index is -0.202. The highest BCUT2D eigenvalue weighted by atomic mass is 16.2. The molecule has 1 heterocycles. The van der Waals surface area contributed by atoms with Crippen LogP contribution in [0.25, 0.3) is 0 Å². The third kappa shape index (κ3) is 2.30. The number of hydrogen-bond donors (Lipinski definition) is 2. The second kappa shape index (κ2) is 3.87. The van der Waals surface area contributed by atoms with E-state index in [2.05, 4.69) is 10.6 Å². The van der Waals surface area contributed by atoms with Crippen LogP contribution in [-0.2, 0) is 15.0 Å². The molecule has 0 atom stereocenters. The Hall–Kier alpha value is -1.84. The van der Waals surface area contributed by atoms with Crippen molar-refractivity contribution in [3.8, 4) is 0 Å². The third-order valence-corrected chi connectivity index (χ3v) is 2.95. The molecule has 2 N–H and O–H groups in total. The van der Waals surface area contributed by atoms with Crippen LogP contribution >= 0.6 is 0 Å². The number of benzene rings is 1. The fraction of sp³-hybridized carbons (Fsp3) is 0.385. The molecule has 17 heavy (non-hydrogen) atoms. The summed E-state index contributed by atoms with van der Waals surface area (Å²) in [7, 11) is 0. The fourth-order valence-electron chi connectivity index (χ4n) is 2.19. The SMILES string of the molecule is CC(=O)Nc1ccc2c(c1)C(C)(C)CC(=O)N2. The van der Waals surface area contributed by atoms with Gasteiger partial charge in [-0.05, 0) is 23.8 Å². The summed E-state index contributed by atoms with van der Waals surface area (Å²) in [6, 6.07) is 5.55. The van der Waals surface area contributed by atoms with Gasteiger partial charge in [0.25, 0.3) is 0 Å². The first-order valence-corrected chi connectivity index (χ1v) is 5.60. The summed E-state index contributed by atoms with van der Waals surface area (Å²) < 4.78 is 0. The number of rotatable bonds is 1. The van der Waals surface area contributed by atoms with Crippen molar-refractivity contribution in [3.05, 3.63) is 23.8 Å². The van der Waals surface area contributed by atoms with E-state index in [1.54, 1.807) is 6.07 Å². The van der Waals surface area contributed by atoms with Gasteiger partial charge in [-0.15, -0.1) is 0 Å². The fourth-order valence-corrected chi connectivity index (χ4v) is 2.19. The largest absolute Gasteiger partial charge is 0.326 e. The zero-order chi connectivity index (χ0) is 12.6. The highest BCUT2D eigenvalue weighted by molar-refractivity contribution is 5.96. The maximum Gasteiger partial charge on any atom is 0.225 e. The molecule has 0 spiro atoms. The molecular formula is C13H16N2O2. The van der Waals surface area contributed by atoms with Crippen molar-refractivity contribution in [2.45, 2.75) is 32.6 Å². The molecule has 4 nitrogen and oxygen atoms in total. The second-order valence-corrected chi connectivity index (χ2v) is 5.05. The van der Waals surface area contributed by atoms with Gasteiger partial charge in [-0.2, -0.15) is 0 Å². The average Bonchev–Trinajstić information content (AvgIpc) is 2.17. The van der Waals surface area contributed by atoms with Gasteiger partial charge in [0.1, 0.15) is 0 Å². The Kier molecular flexibility index (Phi) is 2.65. The summed E-state index contributed by atoms with van der Waals surface area (Å²) in [5, 5.41) is 5.60. The lowest BCUT2D eigenvalue weighted by atomic mass is 9.78. The van der Waals surface area contributed by atoms with Crippen molar-refractivity contribution >= 4 is 23.2 Å². The zero-order valence-corrected chi connectivity index (χ0v) is 10.3. The van der Waals surface area contributed by atoms with Gasteiger partial charge in [0, 0.05) is 30.1 Å². The molecule has 0 aliphatic carbocycles. The molecule has 0 aromatic heterocycles. The summed E-state index contributed by atoms with van der Waals surface area (Å²) >= 11 is 0. The molecule has 2 rings (SSSR count). The van der Waals surface area contributed by atoms with E-state index in [4.69, 9.17) is 0 Å². The van der Waals surface area contributed by atoms with Gasteiger partial charge in [0.2, 0.25) is 11.8 Å². The van der Waals surface area contributed by atoms with E-state index in [-0.39, 0.29) is 17.2 Å². The number of fused-ring (bicyclic) bond motifs is 1. The van der Waals surface area contributed by atoms with Crippen LogP contribution in [-0.4, -0.2) is 11.8 Å².